The maximum absolute atomic E-state index is 11.3. The van der Waals surface area contributed by atoms with E-state index in [9.17, 15) is 4.79 Å². The molecule has 0 radical (unpaired) electrons. The number of hydrogen-bond donors (Lipinski definition) is 3. The fourth-order valence-electron chi connectivity index (χ4n) is 1.25. The van der Waals surface area contributed by atoms with Crippen molar-refractivity contribution in [1.29, 1.82) is 0 Å². The maximum Gasteiger partial charge on any atom is 0.322 e. The predicted molar refractivity (Wildman–Crippen MR) is 56.4 cm³/mol. The first kappa shape index (κ1) is 14.3. The first-order valence-corrected chi connectivity index (χ1v) is 5.21. The van der Waals surface area contributed by atoms with E-state index in [4.69, 9.17) is 14.9 Å². The molecule has 3 N–H and O–H groups in total. The van der Waals surface area contributed by atoms with Crippen molar-refractivity contribution in [3.8, 4) is 0 Å². The Morgan fingerprint density at radius 1 is 1.40 bits per heavy atom. The van der Waals surface area contributed by atoms with Crippen LogP contribution in [0, 0.1) is 0 Å². The molecule has 0 saturated carbocycles. The molecule has 5 heteroatoms. The Morgan fingerprint density at radius 3 is 2.27 bits per heavy atom. The zero-order valence-electron chi connectivity index (χ0n) is 9.62. The van der Waals surface area contributed by atoms with Gasteiger partial charge in [-0.15, -0.1) is 0 Å². The third-order valence-corrected chi connectivity index (χ3v) is 2.44. The molecule has 0 aromatic heterocycles. The van der Waals surface area contributed by atoms with Crippen molar-refractivity contribution in [1.82, 2.24) is 5.32 Å². The smallest absolute Gasteiger partial charge is 0.322 e. The minimum atomic E-state index is -0.813. The third-order valence-electron chi connectivity index (χ3n) is 2.44. The molecule has 15 heavy (non-hydrogen) atoms. The van der Waals surface area contributed by atoms with Crippen LogP contribution in [0.2, 0.25) is 0 Å². The van der Waals surface area contributed by atoms with Gasteiger partial charge in [0.25, 0.3) is 0 Å². The van der Waals surface area contributed by atoms with E-state index in [0.29, 0.717) is 13.0 Å². The minimum Gasteiger partial charge on any atom is -0.465 e. The summed E-state index contributed by atoms with van der Waals surface area (Å²) in [5, 5.41) is 21.2. The number of rotatable bonds is 7. The highest BCUT2D eigenvalue weighted by Gasteiger charge is 2.30. The lowest BCUT2D eigenvalue weighted by atomic mass is 9.97. The van der Waals surface area contributed by atoms with Crippen LogP contribution in [0.5, 0.6) is 0 Å². The molecule has 0 spiro atoms. The molecule has 0 fully saturated rings. The molecule has 0 rings (SSSR count). The monoisotopic (exact) mass is 219 g/mol. The fraction of sp³-hybridized carbons (Fsp3) is 0.900. The van der Waals surface area contributed by atoms with Crippen molar-refractivity contribution in [2.75, 3.05) is 19.8 Å². The molecule has 0 bridgehead atoms. The van der Waals surface area contributed by atoms with Crippen molar-refractivity contribution >= 4 is 5.97 Å². The van der Waals surface area contributed by atoms with Gasteiger partial charge in [-0.2, -0.15) is 0 Å². The molecule has 0 aromatic rings. The molecule has 90 valence electrons. The maximum atomic E-state index is 11.3. The number of hydrogen-bond acceptors (Lipinski definition) is 5. The van der Waals surface area contributed by atoms with E-state index in [-0.39, 0.29) is 19.2 Å². The lowest BCUT2D eigenvalue weighted by molar-refractivity contribution is -0.146. The second-order valence-corrected chi connectivity index (χ2v) is 3.57. The molecule has 0 aromatic carbocycles. The van der Waals surface area contributed by atoms with Crippen LogP contribution < -0.4 is 5.32 Å². The highest BCUT2D eigenvalue weighted by atomic mass is 16.5. The number of aliphatic hydroxyl groups is 2. The molecule has 1 unspecified atom stereocenters. The summed E-state index contributed by atoms with van der Waals surface area (Å²) >= 11 is 0. The zero-order valence-corrected chi connectivity index (χ0v) is 9.62. The first-order valence-electron chi connectivity index (χ1n) is 5.21. The summed E-state index contributed by atoms with van der Waals surface area (Å²) in [6.07, 6.45) is 0.531. The van der Waals surface area contributed by atoms with Gasteiger partial charge < -0.3 is 14.9 Å². The van der Waals surface area contributed by atoms with Crippen molar-refractivity contribution in [3.63, 3.8) is 0 Å². The molecule has 0 aliphatic carbocycles. The van der Waals surface area contributed by atoms with E-state index < -0.39 is 11.6 Å². The summed E-state index contributed by atoms with van der Waals surface area (Å²) in [6.45, 7) is 5.09. The third kappa shape index (κ3) is 4.15. The molecule has 0 saturated heterocycles. The Kier molecular flexibility index (Phi) is 6.47. The van der Waals surface area contributed by atoms with Gasteiger partial charge in [0, 0.05) is 0 Å². The van der Waals surface area contributed by atoms with Crippen LogP contribution in [0.4, 0.5) is 0 Å². The Bertz CT molecular complexity index is 184. The molecule has 5 nitrogen and oxygen atoms in total. The summed E-state index contributed by atoms with van der Waals surface area (Å²) in [7, 11) is 0. The number of carbonyl (C=O) groups excluding carboxylic acids is 1. The number of esters is 1. The van der Waals surface area contributed by atoms with E-state index in [1.165, 1.54) is 0 Å². The molecule has 0 aliphatic rings. The van der Waals surface area contributed by atoms with Gasteiger partial charge in [-0.25, -0.2) is 0 Å². The molecule has 0 aliphatic heterocycles. The average Bonchev–Trinajstić information content (AvgIpc) is 2.26. The van der Waals surface area contributed by atoms with Gasteiger partial charge in [0.2, 0.25) is 0 Å². The molecule has 1 atom stereocenters. The van der Waals surface area contributed by atoms with Crippen molar-refractivity contribution in [3.05, 3.63) is 0 Å². The second kappa shape index (κ2) is 6.76. The predicted octanol–water partition coefficient (Wildman–Crippen LogP) is -0.339. The quantitative estimate of drug-likeness (QED) is 0.511. The van der Waals surface area contributed by atoms with Crippen molar-refractivity contribution in [2.24, 2.45) is 0 Å². The van der Waals surface area contributed by atoms with Gasteiger partial charge in [-0.1, -0.05) is 6.92 Å². The summed E-state index contributed by atoms with van der Waals surface area (Å²) in [5.74, 6) is -0.378. The van der Waals surface area contributed by atoms with Crippen LogP contribution in [0.1, 0.15) is 27.2 Å². The number of aliphatic hydroxyl groups excluding tert-OH is 2. The largest absolute Gasteiger partial charge is 0.465 e. The Balaban J connectivity index is 4.34. The SMILES string of the molecule is CCOC(=O)C(C)NC(CC)(CO)CO. The highest BCUT2D eigenvalue weighted by molar-refractivity contribution is 5.75. The Labute approximate surface area is 90.4 Å². The summed E-state index contributed by atoms with van der Waals surface area (Å²) in [6, 6.07) is -0.538. The van der Waals surface area contributed by atoms with Gasteiger partial charge in [0.15, 0.2) is 0 Å². The standard InChI is InChI=1S/C10H21NO4/c1-4-10(6-12,7-13)11-8(3)9(14)15-5-2/h8,11-13H,4-7H2,1-3H3. The normalized spacial score (nSPS) is 13.7. The Hall–Kier alpha value is -0.650. The van der Waals surface area contributed by atoms with E-state index in [1.807, 2.05) is 6.92 Å². The molecule has 0 amide bonds. The molecular weight excluding hydrogens is 198 g/mol. The number of ether oxygens (including phenoxy) is 1. The van der Waals surface area contributed by atoms with Crippen LogP contribution in [-0.4, -0.2) is 47.6 Å². The topological polar surface area (TPSA) is 78.8 Å². The van der Waals surface area contributed by atoms with E-state index in [1.54, 1.807) is 13.8 Å². The van der Waals surface area contributed by atoms with Crippen LogP contribution in [0.25, 0.3) is 0 Å². The number of carbonyl (C=O) groups is 1. The van der Waals surface area contributed by atoms with Gasteiger partial charge in [0.1, 0.15) is 6.04 Å². The molecule has 0 heterocycles. The fourth-order valence-corrected chi connectivity index (χ4v) is 1.25. The zero-order chi connectivity index (χ0) is 11.9. The number of nitrogens with one attached hydrogen (secondary N) is 1. The van der Waals surface area contributed by atoms with Crippen molar-refractivity contribution in [2.45, 2.75) is 38.8 Å². The van der Waals surface area contributed by atoms with Crippen LogP contribution in [0.15, 0.2) is 0 Å². The van der Waals surface area contributed by atoms with Gasteiger partial charge in [-0.05, 0) is 20.3 Å². The second-order valence-electron chi connectivity index (χ2n) is 3.57. The van der Waals surface area contributed by atoms with Crippen LogP contribution in [-0.2, 0) is 9.53 Å². The minimum absolute atomic E-state index is 0.219. The van der Waals surface area contributed by atoms with Crippen LogP contribution in [0.3, 0.4) is 0 Å². The summed E-state index contributed by atoms with van der Waals surface area (Å²) in [5.41, 5.74) is -0.813. The van der Waals surface area contributed by atoms with Gasteiger partial charge in [-0.3, -0.25) is 10.1 Å². The van der Waals surface area contributed by atoms with Crippen LogP contribution >= 0.6 is 0 Å². The van der Waals surface area contributed by atoms with Crippen molar-refractivity contribution < 1.29 is 19.7 Å². The first-order chi connectivity index (χ1) is 7.05. The summed E-state index contributed by atoms with van der Waals surface area (Å²) in [4.78, 5) is 11.3. The Morgan fingerprint density at radius 2 is 1.93 bits per heavy atom. The van der Waals surface area contributed by atoms with E-state index in [0.717, 1.165) is 0 Å². The van der Waals surface area contributed by atoms with E-state index >= 15 is 0 Å². The lowest BCUT2D eigenvalue weighted by Gasteiger charge is -2.32. The average molecular weight is 219 g/mol. The lowest BCUT2D eigenvalue weighted by Crippen LogP contribution is -2.56. The molecular formula is C10H21NO4. The highest BCUT2D eigenvalue weighted by Crippen LogP contribution is 2.10. The summed E-state index contributed by atoms with van der Waals surface area (Å²) < 4.78 is 4.82. The van der Waals surface area contributed by atoms with Gasteiger partial charge in [0.05, 0.1) is 25.4 Å². The van der Waals surface area contributed by atoms with E-state index in [2.05, 4.69) is 5.32 Å². The van der Waals surface area contributed by atoms with Gasteiger partial charge >= 0.3 is 5.97 Å².